The van der Waals surface area contributed by atoms with Crippen LogP contribution in [0.25, 0.3) is 0 Å². The molecule has 0 aromatic heterocycles. The van der Waals surface area contributed by atoms with Crippen LogP contribution in [0.4, 0.5) is 0 Å². The van der Waals surface area contributed by atoms with E-state index in [0.717, 1.165) is 18.4 Å². The molecule has 1 saturated heterocycles. The van der Waals surface area contributed by atoms with Crippen molar-refractivity contribution in [2.24, 2.45) is 17.6 Å². The van der Waals surface area contributed by atoms with Gasteiger partial charge in [-0.1, -0.05) is 29.8 Å². The van der Waals surface area contributed by atoms with Gasteiger partial charge in [-0.15, -0.1) is 0 Å². The average molecular weight is 315 g/mol. The number of hydrogen-bond donors (Lipinski definition) is 2. The molecule has 5 heteroatoms. The van der Waals surface area contributed by atoms with E-state index in [4.69, 9.17) is 5.73 Å². The van der Waals surface area contributed by atoms with Gasteiger partial charge in [-0.25, -0.2) is 0 Å². The molecule has 1 aliphatic carbocycles. The highest BCUT2D eigenvalue weighted by molar-refractivity contribution is 5.89. The summed E-state index contributed by atoms with van der Waals surface area (Å²) in [6, 6.07) is 8.23. The third-order valence-electron chi connectivity index (χ3n) is 4.85. The summed E-state index contributed by atoms with van der Waals surface area (Å²) in [7, 11) is 0. The Morgan fingerprint density at radius 1 is 1.35 bits per heavy atom. The summed E-state index contributed by atoms with van der Waals surface area (Å²) in [6.07, 6.45) is 2.59. The fourth-order valence-corrected chi connectivity index (χ4v) is 3.18. The van der Waals surface area contributed by atoms with Gasteiger partial charge >= 0.3 is 0 Å². The van der Waals surface area contributed by atoms with Gasteiger partial charge in [0.1, 0.15) is 0 Å². The molecule has 1 aliphatic heterocycles. The molecule has 2 atom stereocenters. The van der Waals surface area contributed by atoms with E-state index in [9.17, 15) is 9.59 Å². The van der Waals surface area contributed by atoms with E-state index in [-0.39, 0.29) is 23.8 Å². The molecule has 3 rings (SSSR count). The van der Waals surface area contributed by atoms with Crippen LogP contribution in [-0.4, -0.2) is 35.8 Å². The Kier molecular flexibility index (Phi) is 4.66. The molecule has 3 N–H and O–H groups in total. The van der Waals surface area contributed by atoms with Crippen molar-refractivity contribution in [3.63, 3.8) is 0 Å². The first-order valence-electron chi connectivity index (χ1n) is 8.40. The molecule has 23 heavy (non-hydrogen) atoms. The molecule has 2 amide bonds. The van der Waals surface area contributed by atoms with Crippen LogP contribution < -0.4 is 11.1 Å². The van der Waals surface area contributed by atoms with Crippen LogP contribution >= 0.6 is 0 Å². The fourth-order valence-electron chi connectivity index (χ4n) is 3.18. The molecule has 1 aromatic carbocycles. The van der Waals surface area contributed by atoms with Crippen molar-refractivity contribution in [1.82, 2.24) is 10.2 Å². The smallest absolute Gasteiger partial charge is 0.225 e. The molecule has 5 nitrogen and oxygen atoms in total. The predicted octanol–water partition coefficient (Wildman–Crippen LogP) is 1.20. The second-order valence-electron chi connectivity index (χ2n) is 6.85. The first-order chi connectivity index (χ1) is 11.1. The topological polar surface area (TPSA) is 75.4 Å². The number of carbonyl (C=O) groups excluding carboxylic acids is 2. The van der Waals surface area contributed by atoms with Crippen LogP contribution in [0.3, 0.4) is 0 Å². The molecule has 0 radical (unpaired) electrons. The molecule has 2 fully saturated rings. The van der Waals surface area contributed by atoms with Crippen molar-refractivity contribution in [2.45, 2.75) is 38.8 Å². The molecule has 1 saturated carbocycles. The standard InChI is InChI=1S/C18H25N3O2/c1-12-2-4-13(5-3-12)10-21-11-15(8-17(21)22)18(23)20-16(9-19)14-6-7-14/h2-5,14-16H,6-11,19H2,1H3,(H,20,23). The van der Waals surface area contributed by atoms with Crippen LogP contribution in [0.15, 0.2) is 24.3 Å². The number of nitrogens with two attached hydrogens (primary N) is 1. The van der Waals surface area contributed by atoms with Gasteiger partial charge in [-0.3, -0.25) is 9.59 Å². The number of hydrogen-bond acceptors (Lipinski definition) is 3. The fraction of sp³-hybridized carbons (Fsp3) is 0.556. The SMILES string of the molecule is Cc1ccc(CN2CC(C(=O)NC(CN)C3CC3)CC2=O)cc1. The summed E-state index contributed by atoms with van der Waals surface area (Å²) in [4.78, 5) is 26.4. The van der Waals surface area contributed by atoms with Crippen molar-refractivity contribution in [1.29, 1.82) is 0 Å². The Balaban J connectivity index is 1.56. The number of likely N-dealkylation sites (tertiary alicyclic amines) is 1. The number of rotatable bonds is 6. The Bertz CT molecular complexity index is 580. The Labute approximate surface area is 137 Å². The minimum Gasteiger partial charge on any atom is -0.352 e. The van der Waals surface area contributed by atoms with Crippen LogP contribution in [0.2, 0.25) is 0 Å². The monoisotopic (exact) mass is 315 g/mol. The van der Waals surface area contributed by atoms with Gasteiger partial charge in [-0.05, 0) is 31.2 Å². The van der Waals surface area contributed by atoms with E-state index in [1.54, 1.807) is 4.90 Å². The Hall–Kier alpha value is -1.88. The summed E-state index contributed by atoms with van der Waals surface area (Å²) in [5, 5.41) is 3.04. The first kappa shape index (κ1) is 16.0. The van der Waals surface area contributed by atoms with Gasteiger partial charge in [0, 0.05) is 32.1 Å². The van der Waals surface area contributed by atoms with Gasteiger partial charge in [0.05, 0.1) is 5.92 Å². The van der Waals surface area contributed by atoms with E-state index < -0.39 is 0 Å². The second-order valence-corrected chi connectivity index (χ2v) is 6.85. The van der Waals surface area contributed by atoms with Crippen molar-refractivity contribution < 1.29 is 9.59 Å². The van der Waals surface area contributed by atoms with Gasteiger partial charge in [-0.2, -0.15) is 0 Å². The number of aryl methyl sites for hydroxylation is 1. The molecule has 0 bridgehead atoms. The quantitative estimate of drug-likeness (QED) is 0.828. The molecule has 2 unspecified atom stereocenters. The van der Waals surface area contributed by atoms with Crippen LogP contribution in [0.5, 0.6) is 0 Å². The number of carbonyl (C=O) groups is 2. The van der Waals surface area contributed by atoms with Gasteiger partial charge in [0.2, 0.25) is 11.8 Å². The normalized spacial score (nSPS) is 22.3. The van der Waals surface area contributed by atoms with Gasteiger partial charge in [0.15, 0.2) is 0 Å². The number of nitrogens with zero attached hydrogens (tertiary/aromatic N) is 1. The van der Waals surface area contributed by atoms with E-state index in [1.165, 1.54) is 5.56 Å². The molecule has 2 aliphatic rings. The highest BCUT2D eigenvalue weighted by Crippen LogP contribution is 2.32. The average Bonchev–Trinajstić information content (AvgIpc) is 3.31. The summed E-state index contributed by atoms with van der Waals surface area (Å²) in [6.45, 7) is 3.59. The summed E-state index contributed by atoms with van der Waals surface area (Å²) >= 11 is 0. The van der Waals surface area contributed by atoms with Gasteiger partial charge in [0.25, 0.3) is 0 Å². The van der Waals surface area contributed by atoms with Crippen LogP contribution in [0.1, 0.15) is 30.4 Å². The van der Waals surface area contributed by atoms with Gasteiger partial charge < -0.3 is 16.0 Å². The van der Waals surface area contributed by atoms with E-state index in [1.807, 2.05) is 31.2 Å². The lowest BCUT2D eigenvalue weighted by Crippen LogP contribution is -2.45. The highest BCUT2D eigenvalue weighted by atomic mass is 16.2. The predicted molar refractivity (Wildman–Crippen MR) is 88.4 cm³/mol. The first-order valence-corrected chi connectivity index (χ1v) is 8.40. The Morgan fingerprint density at radius 3 is 2.65 bits per heavy atom. The molecule has 124 valence electrons. The van der Waals surface area contributed by atoms with Crippen molar-refractivity contribution >= 4 is 11.8 Å². The number of amides is 2. The van der Waals surface area contributed by atoms with E-state index in [2.05, 4.69) is 5.32 Å². The second kappa shape index (κ2) is 6.71. The largest absolute Gasteiger partial charge is 0.352 e. The van der Waals surface area contributed by atoms with Crippen molar-refractivity contribution in [2.75, 3.05) is 13.1 Å². The molecule has 0 spiro atoms. The maximum absolute atomic E-state index is 12.4. The summed E-state index contributed by atoms with van der Waals surface area (Å²) in [5.41, 5.74) is 8.04. The lowest BCUT2D eigenvalue weighted by atomic mass is 10.1. The lowest BCUT2D eigenvalue weighted by Gasteiger charge is -2.20. The zero-order valence-corrected chi connectivity index (χ0v) is 13.6. The number of benzene rings is 1. The maximum atomic E-state index is 12.4. The third-order valence-corrected chi connectivity index (χ3v) is 4.85. The summed E-state index contributed by atoms with van der Waals surface area (Å²) < 4.78 is 0. The maximum Gasteiger partial charge on any atom is 0.225 e. The van der Waals surface area contributed by atoms with E-state index in [0.29, 0.717) is 32.0 Å². The minimum absolute atomic E-state index is 0.0212. The molecular weight excluding hydrogens is 290 g/mol. The molecule has 1 heterocycles. The zero-order chi connectivity index (χ0) is 16.4. The molecule has 1 aromatic rings. The molecular formula is C18H25N3O2. The lowest BCUT2D eigenvalue weighted by molar-refractivity contribution is -0.129. The number of nitrogens with one attached hydrogen (secondary N) is 1. The summed E-state index contributed by atoms with van der Waals surface area (Å²) in [5.74, 6) is 0.319. The van der Waals surface area contributed by atoms with Crippen LogP contribution in [-0.2, 0) is 16.1 Å². The van der Waals surface area contributed by atoms with Crippen molar-refractivity contribution in [3.8, 4) is 0 Å². The highest BCUT2D eigenvalue weighted by Gasteiger charge is 2.37. The Morgan fingerprint density at radius 2 is 2.04 bits per heavy atom. The van der Waals surface area contributed by atoms with Crippen LogP contribution in [0, 0.1) is 18.8 Å². The van der Waals surface area contributed by atoms with Crippen molar-refractivity contribution in [3.05, 3.63) is 35.4 Å². The zero-order valence-electron chi connectivity index (χ0n) is 13.6. The van der Waals surface area contributed by atoms with E-state index >= 15 is 0 Å². The minimum atomic E-state index is -0.249. The third kappa shape index (κ3) is 3.91.